The van der Waals surface area contributed by atoms with Crippen molar-refractivity contribution in [3.63, 3.8) is 0 Å². The summed E-state index contributed by atoms with van der Waals surface area (Å²) in [4.78, 5) is 27.1. The first-order valence-corrected chi connectivity index (χ1v) is 11.2. The van der Waals surface area contributed by atoms with Crippen LogP contribution in [-0.4, -0.2) is 43.9 Å². The fourth-order valence-electron chi connectivity index (χ4n) is 4.81. The number of amides is 1. The summed E-state index contributed by atoms with van der Waals surface area (Å²) >= 11 is 0. The number of carbonyl (C=O) groups is 1. The minimum absolute atomic E-state index is 0.00342. The Hall–Kier alpha value is -3.65. The maximum absolute atomic E-state index is 13.1. The zero-order valence-corrected chi connectivity index (χ0v) is 18.6. The van der Waals surface area contributed by atoms with E-state index in [9.17, 15) is 4.79 Å². The molecule has 4 aromatic rings. The minimum atomic E-state index is -0.387. The Kier molecular flexibility index (Phi) is 4.51. The van der Waals surface area contributed by atoms with Gasteiger partial charge >= 0.3 is 0 Å². The summed E-state index contributed by atoms with van der Waals surface area (Å²) in [6, 6.07) is 12.0. The Morgan fingerprint density at radius 2 is 2.09 bits per heavy atom. The van der Waals surface area contributed by atoms with Gasteiger partial charge in [0.1, 0.15) is 29.0 Å². The number of hydrogen-bond acceptors (Lipinski definition) is 6. The Morgan fingerprint density at radius 3 is 2.82 bits per heavy atom. The van der Waals surface area contributed by atoms with E-state index in [-0.39, 0.29) is 11.3 Å². The number of anilines is 1. The maximum atomic E-state index is 13.1. The molecule has 4 heterocycles. The molecule has 1 N–H and O–H groups in total. The van der Waals surface area contributed by atoms with Gasteiger partial charge in [0.2, 0.25) is 5.91 Å². The van der Waals surface area contributed by atoms with Crippen LogP contribution in [0.2, 0.25) is 0 Å². The number of aromatic nitrogens is 5. The topological polar surface area (TPSA) is 94.8 Å². The van der Waals surface area contributed by atoms with Crippen LogP contribution in [0.3, 0.4) is 0 Å². The third kappa shape index (κ3) is 3.21. The van der Waals surface area contributed by atoms with Crippen molar-refractivity contribution in [2.75, 3.05) is 18.5 Å². The average molecular weight is 441 g/mol. The first kappa shape index (κ1) is 20.0. The summed E-state index contributed by atoms with van der Waals surface area (Å²) in [5, 5.41) is 7.78. The molecule has 0 bridgehead atoms. The molecule has 2 unspecified atom stereocenters. The van der Waals surface area contributed by atoms with Gasteiger partial charge in [-0.2, -0.15) is 5.10 Å². The van der Waals surface area contributed by atoms with E-state index in [1.54, 1.807) is 11.0 Å². The molecule has 3 aromatic heterocycles. The summed E-state index contributed by atoms with van der Waals surface area (Å²) in [5.74, 6) is 0.894. The molecular weight excluding hydrogens is 416 g/mol. The van der Waals surface area contributed by atoms with Crippen molar-refractivity contribution in [1.82, 2.24) is 24.7 Å². The maximum Gasteiger partial charge on any atom is 0.234 e. The molecule has 8 heteroatoms. The fraction of sp³-hybridized carbons (Fsp3) is 0.320. The largest absolute Gasteiger partial charge is 0.380 e. The number of aryl methyl sites for hydroxylation is 2. The number of nitrogens with one attached hydrogen (secondary N) is 1. The standard InChI is InChI=1S/C25H24N6O2/c1-3-15-9-19-22(28-23(15)29-24(32)25-10-17(25)12-33-13-25)21(27-14-26-19)18-11-31(2)30-20(18)16-7-5-4-6-8-16/h4-9,11,14,17H,3,10,12-13H2,1-2H3,(H,28,29,32). The number of fused-ring (bicyclic) bond motifs is 2. The highest BCUT2D eigenvalue weighted by Crippen LogP contribution is 2.57. The predicted molar refractivity (Wildman–Crippen MR) is 124 cm³/mol. The second-order valence-electron chi connectivity index (χ2n) is 8.90. The first-order chi connectivity index (χ1) is 16.1. The molecular formula is C25H24N6O2. The van der Waals surface area contributed by atoms with Crippen LogP contribution >= 0.6 is 0 Å². The molecule has 1 aliphatic carbocycles. The van der Waals surface area contributed by atoms with E-state index in [0.29, 0.717) is 36.2 Å². The normalized spacial score (nSPS) is 21.2. The van der Waals surface area contributed by atoms with Crippen molar-refractivity contribution in [3.05, 3.63) is 54.5 Å². The SMILES string of the molecule is CCc1cc2ncnc(-c3cn(C)nc3-c3ccccc3)c2nc1NC(=O)C12COCC1C2. The van der Waals surface area contributed by atoms with Crippen molar-refractivity contribution < 1.29 is 9.53 Å². The van der Waals surface area contributed by atoms with Crippen molar-refractivity contribution in [1.29, 1.82) is 0 Å². The van der Waals surface area contributed by atoms with E-state index in [2.05, 4.69) is 20.4 Å². The van der Waals surface area contributed by atoms with Crippen molar-refractivity contribution >= 4 is 22.8 Å². The van der Waals surface area contributed by atoms with Gasteiger partial charge in [0, 0.05) is 30.3 Å². The van der Waals surface area contributed by atoms with Gasteiger partial charge in [-0.1, -0.05) is 37.3 Å². The smallest absolute Gasteiger partial charge is 0.234 e. The third-order valence-corrected chi connectivity index (χ3v) is 6.80. The average Bonchev–Trinajstić information content (AvgIpc) is 3.18. The molecule has 6 rings (SSSR count). The van der Waals surface area contributed by atoms with E-state index in [0.717, 1.165) is 40.7 Å². The van der Waals surface area contributed by atoms with E-state index >= 15 is 0 Å². The molecule has 1 saturated carbocycles. The Morgan fingerprint density at radius 1 is 1.24 bits per heavy atom. The van der Waals surface area contributed by atoms with Crippen molar-refractivity contribution in [2.24, 2.45) is 18.4 Å². The predicted octanol–water partition coefficient (Wildman–Crippen LogP) is 3.63. The number of carbonyl (C=O) groups excluding carboxylic acids is 1. The Balaban J connectivity index is 1.47. The molecule has 33 heavy (non-hydrogen) atoms. The number of hydrogen-bond donors (Lipinski definition) is 1. The van der Waals surface area contributed by atoms with Crippen LogP contribution < -0.4 is 5.32 Å². The van der Waals surface area contributed by atoms with Crippen molar-refractivity contribution in [3.8, 4) is 22.5 Å². The van der Waals surface area contributed by atoms with Crippen LogP contribution in [-0.2, 0) is 23.0 Å². The number of rotatable bonds is 5. The molecule has 0 spiro atoms. The van der Waals surface area contributed by atoms with Crippen molar-refractivity contribution in [2.45, 2.75) is 19.8 Å². The van der Waals surface area contributed by atoms with Gasteiger partial charge in [0.05, 0.1) is 24.1 Å². The second-order valence-corrected chi connectivity index (χ2v) is 8.90. The molecule has 2 fully saturated rings. The molecule has 2 atom stereocenters. The lowest BCUT2D eigenvalue weighted by Gasteiger charge is -2.15. The highest BCUT2D eigenvalue weighted by molar-refractivity contribution is 6.00. The first-order valence-electron chi connectivity index (χ1n) is 11.2. The quantitative estimate of drug-likeness (QED) is 0.509. The monoisotopic (exact) mass is 440 g/mol. The second kappa shape index (κ2) is 7.45. The molecule has 1 saturated heterocycles. The van der Waals surface area contributed by atoms with Gasteiger partial charge in [0.25, 0.3) is 0 Å². The number of ether oxygens (including phenoxy) is 1. The lowest BCUT2D eigenvalue weighted by Crippen LogP contribution is -2.28. The van der Waals surface area contributed by atoms with Crippen LogP contribution in [0.1, 0.15) is 18.9 Å². The number of nitrogens with zero attached hydrogens (tertiary/aromatic N) is 5. The lowest BCUT2D eigenvalue weighted by molar-refractivity contribution is -0.121. The van der Waals surface area contributed by atoms with E-state index in [1.165, 1.54) is 0 Å². The van der Waals surface area contributed by atoms with Gasteiger partial charge in [0.15, 0.2) is 0 Å². The highest BCUT2D eigenvalue weighted by Gasteiger charge is 2.63. The molecule has 1 aliphatic heterocycles. The molecule has 1 amide bonds. The fourth-order valence-corrected chi connectivity index (χ4v) is 4.81. The van der Waals surface area contributed by atoms with Crippen LogP contribution in [0.25, 0.3) is 33.5 Å². The highest BCUT2D eigenvalue weighted by atomic mass is 16.5. The lowest BCUT2D eigenvalue weighted by atomic mass is 10.0. The summed E-state index contributed by atoms with van der Waals surface area (Å²) in [5.41, 5.74) is 5.33. The molecule has 2 aliphatic rings. The molecule has 0 radical (unpaired) electrons. The third-order valence-electron chi connectivity index (χ3n) is 6.80. The van der Waals surface area contributed by atoms with Crippen LogP contribution in [0, 0.1) is 11.3 Å². The summed E-state index contributed by atoms with van der Waals surface area (Å²) < 4.78 is 7.30. The van der Waals surface area contributed by atoms with E-state index < -0.39 is 0 Å². The number of benzene rings is 1. The van der Waals surface area contributed by atoms with E-state index in [1.807, 2.05) is 56.6 Å². The van der Waals surface area contributed by atoms with Gasteiger partial charge in [-0.05, 0) is 24.5 Å². The van der Waals surface area contributed by atoms with Gasteiger partial charge in [-0.3, -0.25) is 9.48 Å². The zero-order valence-electron chi connectivity index (χ0n) is 18.6. The number of pyridine rings is 1. The summed E-state index contributed by atoms with van der Waals surface area (Å²) in [7, 11) is 1.89. The van der Waals surface area contributed by atoms with Crippen LogP contribution in [0.4, 0.5) is 5.82 Å². The summed E-state index contributed by atoms with van der Waals surface area (Å²) in [6.07, 6.45) is 5.12. The van der Waals surface area contributed by atoms with Crippen LogP contribution in [0.5, 0.6) is 0 Å². The summed E-state index contributed by atoms with van der Waals surface area (Å²) in [6.45, 7) is 3.20. The van der Waals surface area contributed by atoms with Gasteiger partial charge in [-0.15, -0.1) is 0 Å². The van der Waals surface area contributed by atoms with Gasteiger partial charge in [-0.25, -0.2) is 15.0 Å². The van der Waals surface area contributed by atoms with Gasteiger partial charge < -0.3 is 10.1 Å². The molecule has 1 aromatic carbocycles. The Bertz CT molecular complexity index is 1380. The zero-order chi connectivity index (χ0) is 22.6. The van der Waals surface area contributed by atoms with Crippen LogP contribution in [0.15, 0.2) is 48.9 Å². The molecule has 8 nitrogen and oxygen atoms in total. The minimum Gasteiger partial charge on any atom is -0.380 e. The molecule has 166 valence electrons. The van der Waals surface area contributed by atoms with E-state index in [4.69, 9.17) is 9.72 Å². The Labute approximate surface area is 191 Å².